The molecule has 140 valence electrons. The molecular formula is C21H20ClFN2O2. The Morgan fingerprint density at radius 2 is 1.89 bits per heavy atom. The van der Waals surface area contributed by atoms with Gasteiger partial charge in [0, 0.05) is 35.3 Å². The van der Waals surface area contributed by atoms with Gasteiger partial charge in [-0.1, -0.05) is 35.9 Å². The molecule has 6 heteroatoms. The first-order chi connectivity index (χ1) is 13.0. The lowest BCUT2D eigenvalue weighted by Gasteiger charge is -2.26. The Kier molecular flexibility index (Phi) is 4.87. The molecule has 2 aromatic rings. The lowest BCUT2D eigenvalue weighted by atomic mass is 10.1. The van der Waals surface area contributed by atoms with Crippen LogP contribution >= 0.6 is 11.6 Å². The molecule has 1 aliphatic carbocycles. The lowest BCUT2D eigenvalue weighted by molar-refractivity contribution is -0.137. The molecule has 4 nitrogen and oxygen atoms in total. The second-order valence-electron chi connectivity index (χ2n) is 7.14. The van der Waals surface area contributed by atoms with Gasteiger partial charge in [-0.25, -0.2) is 4.39 Å². The van der Waals surface area contributed by atoms with Crippen LogP contribution in [0.25, 0.3) is 0 Å². The Labute approximate surface area is 162 Å². The van der Waals surface area contributed by atoms with Gasteiger partial charge in [0.1, 0.15) is 5.82 Å². The lowest BCUT2D eigenvalue weighted by Crippen LogP contribution is -2.38. The molecule has 27 heavy (non-hydrogen) atoms. The minimum Gasteiger partial charge on any atom is -0.335 e. The highest BCUT2D eigenvalue weighted by Gasteiger charge is 2.41. The fourth-order valence-corrected chi connectivity index (χ4v) is 3.81. The van der Waals surface area contributed by atoms with Crippen molar-refractivity contribution in [3.8, 4) is 0 Å². The molecule has 1 heterocycles. The van der Waals surface area contributed by atoms with Crippen LogP contribution in [0.4, 0.5) is 10.1 Å². The molecule has 0 radical (unpaired) electrons. The van der Waals surface area contributed by atoms with Gasteiger partial charge in [0.25, 0.3) is 0 Å². The van der Waals surface area contributed by atoms with E-state index in [1.165, 1.54) is 6.07 Å². The van der Waals surface area contributed by atoms with Crippen molar-refractivity contribution in [1.29, 1.82) is 0 Å². The number of hydrogen-bond donors (Lipinski definition) is 0. The van der Waals surface area contributed by atoms with Crippen molar-refractivity contribution in [3.05, 3.63) is 64.9 Å². The molecule has 0 aromatic heterocycles. The zero-order valence-corrected chi connectivity index (χ0v) is 15.5. The van der Waals surface area contributed by atoms with Crippen molar-refractivity contribution < 1.29 is 14.0 Å². The average molecular weight is 387 g/mol. The molecule has 0 spiro atoms. The fraction of sp³-hybridized carbons (Fsp3) is 0.333. The predicted octanol–water partition coefficient (Wildman–Crippen LogP) is 4.02. The van der Waals surface area contributed by atoms with Gasteiger partial charge in [0.2, 0.25) is 11.8 Å². The molecule has 1 saturated carbocycles. The van der Waals surface area contributed by atoms with E-state index >= 15 is 0 Å². The highest BCUT2D eigenvalue weighted by molar-refractivity contribution is 6.31. The number of amides is 2. The van der Waals surface area contributed by atoms with Crippen LogP contribution < -0.4 is 4.90 Å². The van der Waals surface area contributed by atoms with Crippen molar-refractivity contribution in [2.75, 3.05) is 11.4 Å². The first kappa shape index (κ1) is 18.0. The molecule has 0 bridgehead atoms. The number of nitrogens with zero attached hydrogens (tertiary/aromatic N) is 2. The van der Waals surface area contributed by atoms with Crippen LogP contribution in [0.3, 0.4) is 0 Å². The first-order valence-corrected chi connectivity index (χ1v) is 9.51. The molecule has 2 fully saturated rings. The van der Waals surface area contributed by atoms with Crippen LogP contribution in [0, 0.1) is 11.7 Å². The zero-order valence-electron chi connectivity index (χ0n) is 14.8. The number of para-hydroxylation sites is 1. The van der Waals surface area contributed by atoms with E-state index in [1.807, 2.05) is 30.3 Å². The summed E-state index contributed by atoms with van der Waals surface area (Å²) in [5.41, 5.74) is 1.14. The van der Waals surface area contributed by atoms with E-state index < -0.39 is 11.7 Å². The number of halogens is 2. The Morgan fingerprint density at radius 3 is 2.56 bits per heavy atom. The Morgan fingerprint density at radius 1 is 1.15 bits per heavy atom. The second kappa shape index (κ2) is 7.31. The van der Waals surface area contributed by atoms with Crippen molar-refractivity contribution >= 4 is 29.1 Å². The van der Waals surface area contributed by atoms with Crippen LogP contribution in [0.2, 0.25) is 5.02 Å². The second-order valence-corrected chi connectivity index (χ2v) is 7.55. The third-order valence-electron chi connectivity index (χ3n) is 5.20. The molecule has 2 aliphatic rings. The van der Waals surface area contributed by atoms with E-state index in [-0.39, 0.29) is 30.8 Å². The van der Waals surface area contributed by atoms with Gasteiger partial charge in [-0.05, 0) is 37.1 Å². The molecule has 0 N–H and O–H groups in total. The maximum atomic E-state index is 14.2. The van der Waals surface area contributed by atoms with Gasteiger partial charge in [-0.15, -0.1) is 0 Å². The minimum atomic E-state index is -0.413. The van der Waals surface area contributed by atoms with Crippen LogP contribution in [0.15, 0.2) is 48.5 Å². The minimum absolute atomic E-state index is 0.0563. The molecule has 2 amide bonds. The van der Waals surface area contributed by atoms with Crippen LogP contribution in [-0.4, -0.2) is 29.3 Å². The van der Waals surface area contributed by atoms with E-state index in [0.717, 1.165) is 18.5 Å². The highest BCUT2D eigenvalue weighted by atomic mass is 35.5. The standard InChI is InChI=1S/C21H20ClFN2O2/c22-18-7-4-8-19(23)17(18)13-25(16-9-10-16)21(27)14-11-20(26)24(12-14)15-5-2-1-3-6-15/h1-8,14,16H,9-13H2. The number of carbonyl (C=O) groups excluding carboxylic acids is 2. The monoisotopic (exact) mass is 386 g/mol. The average Bonchev–Trinajstić information content (AvgIpc) is 3.43. The summed E-state index contributed by atoms with van der Waals surface area (Å²) in [4.78, 5) is 29.0. The van der Waals surface area contributed by atoms with Gasteiger partial charge < -0.3 is 9.80 Å². The number of anilines is 1. The Bertz CT molecular complexity index is 849. The van der Waals surface area contributed by atoms with Gasteiger partial charge >= 0.3 is 0 Å². The van der Waals surface area contributed by atoms with Crippen LogP contribution in [0.1, 0.15) is 24.8 Å². The van der Waals surface area contributed by atoms with E-state index in [4.69, 9.17) is 11.6 Å². The molecule has 1 saturated heterocycles. The van der Waals surface area contributed by atoms with Gasteiger partial charge in [0.05, 0.1) is 12.5 Å². The normalized spacial score (nSPS) is 19.4. The molecule has 1 unspecified atom stereocenters. The SMILES string of the molecule is O=C1CC(C(=O)N(Cc2c(F)cccc2Cl)C2CC2)CN1c1ccccc1. The van der Waals surface area contributed by atoms with Crippen molar-refractivity contribution in [3.63, 3.8) is 0 Å². The summed E-state index contributed by atoms with van der Waals surface area (Å²) in [5, 5.41) is 0.321. The number of benzene rings is 2. The quantitative estimate of drug-likeness (QED) is 0.778. The molecule has 1 atom stereocenters. The topological polar surface area (TPSA) is 40.6 Å². The van der Waals surface area contributed by atoms with E-state index in [1.54, 1.807) is 21.9 Å². The fourth-order valence-electron chi connectivity index (χ4n) is 3.59. The van der Waals surface area contributed by atoms with Gasteiger partial charge in [-0.3, -0.25) is 9.59 Å². The number of hydrogen-bond acceptors (Lipinski definition) is 2. The summed E-state index contributed by atoms with van der Waals surface area (Å²) in [6.45, 7) is 0.501. The summed E-state index contributed by atoms with van der Waals surface area (Å²) in [7, 11) is 0. The molecule has 1 aliphatic heterocycles. The van der Waals surface area contributed by atoms with Gasteiger partial charge in [0.15, 0.2) is 0 Å². The van der Waals surface area contributed by atoms with E-state index in [0.29, 0.717) is 17.1 Å². The van der Waals surface area contributed by atoms with Crippen LogP contribution in [0.5, 0.6) is 0 Å². The third-order valence-corrected chi connectivity index (χ3v) is 5.56. The number of carbonyl (C=O) groups is 2. The largest absolute Gasteiger partial charge is 0.335 e. The summed E-state index contributed by atoms with van der Waals surface area (Å²) < 4.78 is 14.2. The third kappa shape index (κ3) is 3.69. The smallest absolute Gasteiger partial charge is 0.228 e. The highest BCUT2D eigenvalue weighted by Crippen LogP contribution is 2.34. The summed E-state index contributed by atoms with van der Waals surface area (Å²) >= 11 is 6.15. The summed E-state index contributed by atoms with van der Waals surface area (Å²) in [6.07, 6.45) is 1.99. The zero-order chi connectivity index (χ0) is 19.0. The van der Waals surface area contributed by atoms with Gasteiger partial charge in [-0.2, -0.15) is 0 Å². The number of rotatable bonds is 5. The summed E-state index contributed by atoms with van der Waals surface area (Å²) in [6, 6.07) is 14.0. The molecular weight excluding hydrogens is 367 g/mol. The van der Waals surface area contributed by atoms with Crippen molar-refractivity contribution in [2.24, 2.45) is 5.92 Å². The predicted molar refractivity (Wildman–Crippen MR) is 102 cm³/mol. The Hall–Kier alpha value is -2.40. The van der Waals surface area contributed by atoms with E-state index in [2.05, 4.69) is 0 Å². The van der Waals surface area contributed by atoms with Crippen molar-refractivity contribution in [1.82, 2.24) is 4.90 Å². The van der Waals surface area contributed by atoms with Crippen LogP contribution in [-0.2, 0) is 16.1 Å². The maximum absolute atomic E-state index is 14.2. The Balaban J connectivity index is 1.53. The first-order valence-electron chi connectivity index (χ1n) is 9.13. The molecule has 2 aromatic carbocycles. The van der Waals surface area contributed by atoms with E-state index in [9.17, 15) is 14.0 Å². The van der Waals surface area contributed by atoms with Crippen molar-refractivity contribution in [2.45, 2.75) is 31.8 Å². The summed E-state index contributed by atoms with van der Waals surface area (Å²) in [5.74, 6) is -0.971. The molecule has 4 rings (SSSR count). The maximum Gasteiger partial charge on any atom is 0.228 e.